The van der Waals surface area contributed by atoms with Crippen molar-refractivity contribution in [1.82, 2.24) is 9.55 Å². The fourth-order valence-corrected chi connectivity index (χ4v) is 1.67. The molecule has 2 rings (SSSR count). The van der Waals surface area contributed by atoms with Gasteiger partial charge in [-0.15, -0.1) is 0 Å². The van der Waals surface area contributed by atoms with E-state index < -0.39 is 23.3 Å². The predicted molar refractivity (Wildman–Crippen MR) is 59.7 cm³/mol. The molecule has 2 aromatic heterocycles. The Balaban J connectivity index is 2.36. The van der Waals surface area contributed by atoms with Crippen molar-refractivity contribution in [2.24, 2.45) is 0 Å². The Kier molecular flexibility index (Phi) is 3.28. The maximum absolute atomic E-state index is 12.7. The van der Waals surface area contributed by atoms with Crippen LogP contribution in [0, 0.1) is 0 Å². The Morgan fingerprint density at radius 1 is 1.32 bits per heavy atom. The van der Waals surface area contributed by atoms with Crippen molar-refractivity contribution in [3.63, 3.8) is 0 Å². The minimum atomic E-state index is -4.69. The van der Waals surface area contributed by atoms with Gasteiger partial charge in [-0.3, -0.25) is 4.98 Å². The third kappa shape index (κ3) is 2.93. The van der Waals surface area contributed by atoms with Crippen LogP contribution in [0.15, 0.2) is 36.8 Å². The fourth-order valence-electron chi connectivity index (χ4n) is 1.67. The first-order valence-electron chi connectivity index (χ1n) is 5.28. The zero-order valence-electron chi connectivity index (χ0n) is 9.55. The lowest BCUT2D eigenvalue weighted by molar-refractivity contribution is -0.138. The van der Waals surface area contributed by atoms with Crippen LogP contribution in [0.5, 0.6) is 0 Å². The average Bonchev–Trinajstić information content (AvgIpc) is 2.74. The lowest BCUT2D eigenvalue weighted by Crippen LogP contribution is -2.09. The Bertz CT molecular complexity index is 591. The van der Waals surface area contributed by atoms with Gasteiger partial charge < -0.3 is 9.67 Å². The van der Waals surface area contributed by atoms with E-state index in [1.165, 1.54) is 6.20 Å². The van der Waals surface area contributed by atoms with Gasteiger partial charge in [-0.25, -0.2) is 4.79 Å². The number of hydrogen-bond donors (Lipinski definition) is 1. The van der Waals surface area contributed by atoms with Gasteiger partial charge in [0.2, 0.25) is 0 Å². The standard InChI is InChI=1S/C12H9F3N2O2/c13-12(14,15)10-7-17(6-9(10)11(18)19)5-8-3-1-2-4-16-8/h1-4,6-7H,5H2,(H,18,19). The molecule has 4 nitrogen and oxygen atoms in total. The minimum Gasteiger partial charge on any atom is -0.478 e. The zero-order valence-corrected chi connectivity index (χ0v) is 9.55. The molecule has 0 atom stereocenters. The summed E-state index contributed by atoms with van der Waals surface area (Å²) in [5.74, 6) is -1.60. The number of rotatable bonds is 3. The van der Waals surface area contributed by atoms with Crippen molar-refractivity contribution in [2.75, 3.05) is 0 Å². The third-order valence-electron chi connectivity index (χ3n) is 2.49. The highest BCUT2D eigenvalue weighted by atomic mass is 19.4. The summed E-state index contributed by atoms with van der Waals surface area (Å²) in [7, 11) is 0. The average molecular weight is 270 g/mol. The first-order chi connectivity index (χ1) is 8.88. The van der Waals surface area contributed by atoms with Crippen molar-refractivity contribution >= 4 is 5.97 Å². The van der Waals surface area contributed by atoms with Gasteiger partial charge in [-0.05, 0) is 12.1 Å². The van der Waals surface area contributed by atoms with Crippen LogP contribution >= 0.6 is 0 Å². The highest BCUT2D eigenvalue weighted by Gasteiger charge is 2.36. The number of carbonyl (C=O) groups is 1. The second kappa shape index (κ2) is 4.75. The summed E-state index contributed by atoms with van der Waals surface area (Å²) in [4.78, 5) is 14.8. The third-order valence-corrected chi connectivity index (χ3v) is 2.49. The predicted octanol–water partition coefficient (Wildman–Crippen LogP) is 2.65. The Labute approximate surface area is 106 Å². The molecule has 0 saturated carbocycles. The first-order valence-corrected chi connectivity index (χ1v) is 5.28. The highest BCUT2D eigenvalue weighted by molar-refractivity contribution is 5.89. The van der Waals surface area contributed by atoms with E-state index in [0.717, 1.165) is 17.0 Å². The molecule has 19 heavy (non-hydrogen) atoms. The number of nitrogens with zero attached hydrogens (tertiary/aromatic N) is 2. The summed E-state index contributed by atoms with van der Waals surface area (Å²) in [6, 6.07) is 5.03. The second-order valence-corrected chi connectivity index (χ2v) is 3.88. The number of hydrogen-bond acceptors (Lipinski definition) is 2. The number of carboxylic acid groups (broad SMARTS) is 1. The Morgan fingerprint density at radius 2 is 2.05 bits per heavy atom. The van der Waals surface area contributed by atoms with Crippen molar-refractivity contribution in [1.29, 1.82) is 0 Å². The molecule has 0 saturated heterocycles. The van der Waals surface area contributed by atoms with E-state index in [1.807, 2.05) is 0 Å². The Morgan fingerprint density at radius 3 is 2.53 bits per heavy atom. The number of carboxylic acids is 1. The Hall–Kier alpha value is -2.31. The van der Waals surface area contributed by atoms with Crippen molar-refractivity contribution in [2.45, 2.75) is 12.7 Å². The molecular formula is C12H9F3N2O2. The minimum absolute atomic E-state index is 0.0806. The molecule has 1 N–H and O–H groups in total. The first kappa shape index (κ1) is 13.1. The van der Waals surface area contributed by atoms with Gasteiger partial charge in [0, 0.05) is 18.6 Å². The zero-order chi connectivity index (χ0) is 14.0. The van der Waals surface area contributed by atoms with Gasteiger partial charge in [0.1, 0.15) is 0 Å². The van der Waals surface area contributed by atoms with Gasteiger partial charge in [0.05, 0.1) is 23.4 Å². The molecule has 100 valence electrons. The lowest BCUT2D eigenvalue weighted by atomic mass is 10.2. The monoisotopic (exact) mass is 270 g/mol. The molecule has 7 heteroatoms. The van der Waals surface area contributed by atoms with E-state index in [-0.39, 0.29) is 6.54 Å². The largest absolute Gasteiger partial charge is 0.478 e. The molecule has 0 aliphatic carbocycles. The quantitative estimate of drug-likeness (QED) is 0.932. The molecule has 0 spiro atoms. The number of alkyl halides is 3. The van der Waals surface area contributed by atoms with Crippen LogP contribution in [-0.2, 0) is 12.7 Å². The smallest absolute Gasteiger partial charge is 0.418 e. The summed E-state index contributed by atoms with van der Waals surface area (Å²) < 4.78 is 39.2. The van der Waals surface area contributed by atoms with Crippen LogP contribution in [0.1, 0.15) is 21.6 Å². The van der Waals surface area contributed by atoms with Gasteiger partial charge in [0.25, 0.3) is 0 Å². The fraction of sp³-hybridized carbons (Fsp3) is 0.167. The molecule has 0 radical (unpaired) electrons. The molecule has 0 amide bonds. The van der Waals surface area contributed by atoms with Crippen molar-refractivity contribution in [3.05, 3.63) is 53.6 Å². The lowest BCUT2D eigenvalue weighted by Gasteiger charge is -2.04. The number of halogens is 3. The van der Waals surface area contributed by atoms with Crippen LogP contribution in [0.4, 0.5) is 13.2 Å². The second-order valence-electron chi connectivity index (χ2n) is 3.88. The van der Waals surface area contributed by atoms with E-state index in [2.05, 4.69) is 4.98 Å². The van der Waals surface area contributed by atoms with Crippen molar-refractivity contribution < 1.29 is 23.1 Å². The van der Waals surface area contributed by atoms with Crippen LogP contribution in [0.3, 0.4) is 0 Å². The van der Waals surface area contributed by atoms with Crippen LogP contribution in [0.25, 0.3) is 0 Å². The molecule has 2 heterocycles. The summed E-state index contributed by atoms with van der Waals surface area (Å²) in [5.41, 5.74) is -1.37. The van der Waals surface area contributed by atoms with Crippen LogP contribution in [-0.4, -0.2) is 20.6 Å². The molecule has 0 unspecified atom stereocenters. The van der Waals surface area contributed by atoms with E-state index in [4.69, 9.17) is 5.11 Å². The molecule has 0 bridgehead atoms. The molecule has 0 aliphatic heterocycles. The maximum atomic E-state index is 12.7. The van der Waals surface area contributed by atoms with E-state index in [1.54, 1.807) is 18.2 Å². The summed E-state index contributed by atoms with van der Waals surface area (Å²) in [6.07, 6.45) is -1.44. The molecule has 2 aromatic rings. The number of pyridine rings is 1. The van der Waals surface area contributed by atoms with E-state index in [0.29, 0.717) is 5.69 Å². The molecule has 0 aliphatic rings. The van der Waals surface area contributed by atoms with Gasteiger partial charge in [0.15, 0.2) is 0 Å². The number of aromatic carboxylic acids is 1. The topological polar surface area (TPSA) is 55.1 Å². The molecular weight excluding hydrogens is 261 g/mol. The summed E-state index contributed by atoms with van der Waals surface area (Å²) >= 11 is 0. The summed E-state index contributed by atoms with van der Waals surface area (Å²) in [5, 5.41) is 8.78. The maximum Gasteiger partial charge on any atom is 0.418 e. The highest BCUT2D eigenvalue weighted by Crippen LogP contribution is 2.32. The van der Waals surface area contributed by atoms with Gasteiger partial charge >= 0.3 is 12.1 Å². The van der Waals surface area contributed by atoms with Gasteiger partial charge in [-0.1, -0.05) is 6.07 Å². The molecule has 0 aromatic carbocycles. The van der Waals surface area contributed by atoms with Crippen LogP contribution in [0.2, 0.25) is 0 Å². The van der Waals surface area contributed by atoms with Crippen molar-refractivity contribution in [3.8, 4) is 0 Å². The van der Waals surface area contributed by atoms with E-state index >= 15 is 0 Å². The van der Waals surface area contributed by atoms with Crippen LogP contribution < -0.4 is 0 Å². The SMILES string of the molecule is O=C(O)c1cn(Cc2ccccn2)cc1C(F)(F)F. The number of aromatic nitrogens is 2. The molecule has 0 fully saturated rings. The van der Waals surface area contributed by atoms with Gasteiger partial charge in [-0.2, -0.15) is 13.2 Å². The normalized spacial score (nSPS) is 11.5. The van der Waals surface area contributed by atoms with E-state index in [9.17, 15) is 18.0 Å². The summed E-state index contributed by atoms with van der Waals surface area (Å²) in [6.45, 7) is 0.0806.